The van der Waals surface area contributed by atoms with Gasteiger partial charge in [0.2, 0.25) is 0 Å². The molecule has 1 amide bonds. The highest BCUT2D eigenvalue weighted by Crippen LogP contribution is 2.18. The van der Waals surface area contributed by atoms with Crippen LogP contribution in [0.2, 0.25) is 0 Å². The van der Waals surface area contributed by atoms with Gasteiger partial charge in [0.05, 0.1) is 0 Å². The largest absolute Gasteiger partial charge is 0.456 e. The van der Waals surface area contributed by atoms with E-state index in [0.29, 0.717) is 6.54 Å². The third-order valence-electron chi connectivity index (χ3n) is 5.28. The summed E-state index contributed by atoms with van der Waals surface area (Å²) in [6.07, 6.45) is 15.5. The molecule has 0 fully saturated rings. The molecule has 0 bridgehead atoms. The van der Waals surface area contributed by atoms with Crippen molar-refractivity contribution in [3.8, 4) is 0 Å². The van der Waals surface area contributed by atoms with Gasteiger partial charge < -0.3 is 9.64 Å². The first kappa shape index (κ1) is 25.2. The van der Waals surface area contributed by atoms with Crippen molar-refractivity contribution < 1.29 is 14.3 Å². The number of aryl methyl sites for hydroxylation is 1. The van der Waals surface area contributed by atoms with Crippen molar-refractivity contribution in [2.75, 3.05) is 18.1 Å². The quantitative estimate of drug-likeness (QED) is 0.231. The van der Waals surface area contributed by atoms with Gasteiger partial charge in [-0.2, -0.15) is 0 Å². The normalized spacial score (nSPS) is 10.7. The Balaban J connectivity index is 2.26. The molecule has 4 nitrogen and oxygen atoms in total. The molecular weight excluding hydrogens is 362 g/mol. The van der Waals surface area contributed by atoms with E-state index in [9.17, 15) is 9.59 Å². The average molecular weight is 404 g/mol. The van der Waals surface area contributed by atoms with Gasteiger partial charge in [0, 0.05) is 19.2 Å². The molecule has 0 radical (unpaired) electrons. The van der Waals surface area contributed by atoms with E-state index in [1.165, 1.54) is 71.1 Å². The molecule has 0 saturated carbocycles. The van der Waals surface area contributed by atoms with E-state index in [-0.39, 0.29) is 12.5 Å². The number of carbonyl (C=O) groups excluding carboxylic acids is 2. The maximum atomic E-state index is 12.5. The number of unbranched alkanes of at least 4 members (excludes halogenated alkanes) is 11. The second kappa shape index (κ2) is 16.0. The summed E-state index contributed by atoms with van der Waals surface area (Å²) in [4.78, 5) is 25.3. The zero-order valence-corrected chi connectivity index (χ0v) is 18.9. The summed E-state index contributed by atoms with van der Waals surface area (Å²) < 4.78 is 4.91. The van der Waals surface area contributed by atoms with Crippen molar-refractivity contribution in [3.63, 3.8) is 0 Å². The highest BCUT2D eigenvalue weighted by molar-refractivity contribution is 5.95. The van der Waals surface area contributed by atoms with Crippen LogP contribution in [0.1, 0.15) is 96.5 Å². The van der Waals surface area contributed by atoms with Crippen LogP contribution in [0.15, 0.2) is 24.3 Å². The van der Waals surface area contributed by atoms with E-state index in [0.717, 1.165) is 24.1 Å². The number of rotatable bonds is 16. The van der Waals surface area contributed by atoms with Crippen LogP contribution in [0.4, 0.5) is 5.69 Å². The maximum Gasteiger partial charge on any atom is 0.303 e. The predicted molar refractivity (Wildman–Crippen MR) is 121 cm³/mol. The Hall–Kier alpha value is -1.84. The van der Waals surface area contributed by atoms with Crippen LogP contribution in [-0.2, 0) is 14.3 Å². The van der Waals surface area contributed by atoms with Gasteiger partial charge in [-0.15, -0.1) is 0 Å². The van der Waals surface area contributed by atoms with Gasteiger partial charge in [-0.3, -0.25) is 9.59 Å². The average Bonchev–Trinajstić information content (AvgIpc) is 2.70. The molecule has 1 aromatic rings. The van der Waals surface area contributed by atoms with E-state index < -0.39 is 5.97 Å². The monoisotopic (exact) mass is 403 g/mol. The maximum absolute atomic E-state index is 12.5. The summed E-state index contributed by atoms with van der Waals surface area (Å²) in [6.45, 7) is 6.09. The van der Waals surface area contributed by atoms with Gasteiger partial charge in [-0.1, -0.05) is 95.2 Å². The van der Waals surface area contributed by atoms with Crippen molar-refractivity contribution in [3.05, 3.63) is 29.8 Å². The van der Waals surface area contributed by atoms with Gasteiger partial charge in [-0.25, -0.2) is 0 Å². The first-order chi connectivity index (χ1) is 14.0. The fourth-order valence-corrected chi connectivity index (χ4v) is 3.47. The molecule has 0 aliphatic heterocycles. The van der Waals surface area contributed by atoms with Crippen molar-refractivity contribution in [1.82, 2.24) is 0 Å². The number of hydrogen-bond donors (Lipinski definition) is 0. The first-order valence-electron chi connectivity index (χ1n) is 11.5. The SMILES string of the molecule is CCCCCCCCCCCCCCN(C(=O)COC(C)=O)c1ccc(C)cc1. The number of amides is 1. The molecule has 0 aliphatic carbocycles. The lowest BCUT2D eigenvalue weighted by atomic mass is 10.1. The smallest absolute Gasteiger partial charge is 0.303 e. The Morgan fingerprint density at radius 1 is 0.793 bits per heavy atom. The fraction of sp³-hybridized carbons (Fsp3) is 0.680. The summed E-state index contributed by atoms with van der Waals surface area (Å²) in [7, 11) is 0. The van der Waals surface area contributed by atoms with Crippen LogP contribution in [0.3, 0.4) is 0 Å². The zero-order chi connectivity index (χ0) is 21.3. The van der Waals surface area contributed by atoms with Gasteiger partial charge >= 0.3 is 5.97 Å². The summed E-state index contributed by atoms with van der Waals surface area (Å²) >= 11 is 0. The van der Waals surface area contributed by atoms with Crippen molar-refractivity contribution >= 4 is 17.6 Å². The molecule has 164 valence electrons. The van der Waals surface area contributed by atoms with Crippen molar-refractivity contribution in [1.29, 1.82) is 0 Å². The van der Waals surface area contributed by atoms with E-state index in [1.54, 1.807) is 4.90 Å². The minimum absolute atomic E-state index is 0.160. The Morgan fingerprint density at radius 2 is 1.28 bits per heavy atom. The number of hydrogen-bond acceptors (Lipinski definition) is 3. The Morgan fingerprint density at radius 3 is 1.76 bits per heavy atom. The molecular formula is C25H41NO3. The van der Waals surface area contributed by atoms with Crippen molar-refractivity contribution in [2.45, 2.75) is 97.8 Å². The van der Waals surface area contributed by atoms with Gasteiger partial charge in [0.25, 0.3) is 5.91 Å². The number of anilines is 1. The Kier molecular flexibility index (Phi) is 13.9. The molecule has 0 spiro atoms. The molecule has 0 N–H and O–H groups in total. The minimum Gasteiger partial charge on any atom is -0.456 e. The Labute approximate surface area is 178 Å². The first-order valence-corrected chi connectivity index (χ1v) is 11.5. The van der Waals surface area contributed by atoms with Crippen LogP contribution in [0.5, 0.6) is 0 Å². The predicted octanol–water partition coefficient (Wildman–Crippen LogP) is 6.59. The number of ether oxygens (including phenoxy) is 1. The van der Waals surface area contributed by atoms with Crippen LogP contribution in [0.25, 0.3) is 0 Å². The van der Waals surface area contributed by atoms with Gasteiger partial charge in [-0.05, 0) is 25.5 Å². The molecule has 0 aromatic heterocycles. The van der Waals surface area contributed by atoms with Crippen LogP contribution >= 0.6 is 0 Å². The number of nitrogens with zero attached hydrogens (tertiary/aromatic N) is 1. The lowest BCUT2D eigenvalue weighted by Gasteiger charge is -2.23. The highest BCUT2D eigenvalue weighted by Gasteiger charge is 2.16. The standard InChI is InChI=1S/C25H41NO3/c1-4-5-6-7-8-9-10-11-12-13-14-15-20-26(25(28)21-29-23(3)27)24-18-16-22(2)17-19-24/h16-19H,4-15,20-21H2,1-3H3. The number of benzene rings is 1. The molecule has 1 rings (SSSR count). The lowest BCUT2D eigenvalue weighted by Crippen LogP contribution is -2.35. The topological polar surface area (TPSA) is 46.6 Å². The summed E-state index contributed by atoms with van der Waals surface area (Å²) in [5, 5.41) is 0. The molecule has 0 unspecified atom stereocenters. The van der Waals surface area contributed by atoms with Crippen LogP contribution in [0, 0.1) is 6.92 Å². The van der Waals surface area contributed by atoms with Crippen LogP contribution < -0.4 is 4.90 Å². The highest BCUT2D eigenvalue weighted by atomic mass is 16.5. The molecule has 0 saturated heterocycles. The van der Waals surface area contributed by atoms with E-state index in [4.69, 9.17) is 4.74 Å². The zero-order valence-electron chi connectivity index (χ0n) is 18.9. The molecule has 0 aliphatic rings. The molecule has 0 atom stereocenters. The number of carbonyl (C=O) groups is 2. The third-order valence-corrected chi connectivity index (χ3v) is 5.28. The van der Waals surface area contributed by atoms with Crippen LogP contribution in [-0.4, -0.2) is 25.0 Å². The van der Waals surface area contributed by atoms with E-state index in [1.807, 2.05) is 31.2 Å². The van der Waals surface area contributed by atoms with E-state index in [2.05, 4.69) is 6.92 Å². The van der Waals surface area contributed by atoms with E-state index >= 15 is 0 Å². The lowest BCUT2D eigenvalue weighted by molar-refractivity contribution is -0.145. The summed E-state index contributed by atoms with van der Waals surface area (Å²) in [5.41, 5.74) is 2.03. The molecule has 4 heteroatoms. The Bertz CT molecular complexity index is 568. The third kappa shape index (κ3) is 12.4. The second-order valence-corrected chi connectivity index (χ2v) is 8.05. The second-order valence-electron chi connectivity index (χ2n) is 8.05. The summed E-state index contributed by atoms with van der Waals surface area (Å²) in [5.74, 6) is -0.584. The van der Waals surface area contributed by atoms with Crippen molar-refractivity contribution in [2.24, 2.45) is 0 Å². The molecule has 29 heavy (non-hydrogen) atoms. The fourth-order valence-electron chi connectivity index (χ4n) is 3.47. The number of esters is 1. The molecule has 1 aromatic carbocycles. The minimum atomic E-state index is -0.424. The van der Waals surface area contributed by atoms with Gasteiger partial charge in [0.1, 0.15) is 0 Å². The van der Waals surface area contributed by atoms with Gasteiger partial charge in [0.15, 0.2) is 6.61 Å². The summed E-state index contributed by atoms with van der Waals surface area (Å²) in [6, 6.07) is 7.93. The molecule has 0 heterocycles.